The monoisotopic (exact) mass is 382 g/mol. The van der Waals surface area contributed by atoms with Crippen molar-refractivity contribution in [1.82, 2.24) is 4.90 Å². The fraction of sp³-hybridized carbons (Fsp3) is 0.500. The Labute approximate surface area is 162 Å². The highest BCUT2D eigenvalue weighted by molar-refractivity contribution is 6.23. The Morgan fingerprint density at radius 3 is 2.18 bits per heavy atom. The molecule has 4 atom stereocenters. The van der Waals surface area contributed by atoms with Gasteiger partial charge in [0.25, 0.3) is 5.69 Å². The van der Waals surface area contributed by atoms with Crippen LogP contribution in [0, 0.1) is 33.8 Å². The van der Waals surface area contributed by atoms with E-state index in [1.807, 2.05) is 24.1 Å². The summed E-state index contributed by atoms with van der Waals surface area (Å²) in [4.78, 5) is 42.6. The summed E-state index contributed by atoms with van der Waals surface area (Å²) in [7, 11) is 2.03. The van der Waals surface area contributed by atoms with Gasteiger partial charge in [0.2, 0.25) is 11.8 Å². The van der Waals surface area contributed by atoms with E-state index >= 15 is 0 Å². The van der Waals surface area contributed by atoms with Gasteiger partial charge in [0.15, 0.2) is 0 Å². The summed E-state index contributed by atoms with van der Waals surface area (Å²) in [5.41, 5.74) is 0.803. The van der Waals surface area contributed by atoms with Crippen LogP contribution >= 0.6 is 0 Å². The van der Waals surface area contributed by atoms with E-state index in [4.69, 9.17) is 0 Å². The molecule has 2 bridgehead atoms. The minimum Gasteiger partial charge on any atom is -0.363 e. The standard InChI is InChI=1S/C20H22N4O4/c1-21-6-8-22(9-7-21)15-5-4-14(11-16(15)24(27)28)23-19(25)17-12-2-3-13(10-12)18(17)20(23)26/h2-5,11-13,17-18H,6-10H2,1H3/t12-,13+,17-,18+. The first-order valence-electron chi connectivity index (χ1n) is 9.74. The molecule has 0 unspecified atom stereocenters. The quantitative estimate of drug-likeness (QED) is 0.342. The summed E-state index contributed by atoms with van der Waals surface area (Å²) in [6.07, 6.45) is 4.95. The number of likely N-dealkylation sites (N-methyl/N-ethyl adjacent to an activating group) is 1. The number of hydrogen-bond donors (Lipinski definition) is 0. The molecule has 0 radical (unpaired) electrons. The third-order valence-corrected chi connectivity index (χ3v) is 6.73. The van der Waals surface area contributed by atoms with Gasteiger partial charge in [-0.3, -0.25) is 19.7 Å². The largest absolute Gasteiger partial charge is 0.363 e. The van der Waals surface area contributed by atoms with Gasteiger partial charge >= 0.3 is 0 Å². The molecule has 8 heteroatoms. The number of imide groups is 1. The van der Waals surface area contributed by atoms with Crippen molar-refractivity contribution in [2.45, 2.75) is 6.42 Å². The fourth-order valence-corrected chi connectivity index (χ4v) is 5.27. The zero-order chi connectivity index (χ0) is 19.6. The average molecular weight is 382 g/mol. The van der Waals surface area contributed by atoms with Crippen molar-refractivity contribution < 1.29 is 14.5 Å². The number of nitro benzene ring substituents is 1. The Morgan fingerprint density at radius 1 is 1.00 bits per heavy atom. The van der Waals surface area contributed by atoms with Gasteiger partial charge in [0.1, 0.15) is 5.69 Å². The molecule has 5 rings (SSSR count). The average Bonchev–Trinajstić information content (AvgIpc) is 3.36. The molecule has 2 heterocycles. The van der Waals surface area contributed by atoms with Gasteiger partial charge in [0, 0.05) is 32.2 Å². The number of piperazine rings is 1. The molecule has 1 aromatic rings. The molecular formula is C20H22N4O4. The van der Waals surface area contributed by atoms with E-state index in [1.54, 1.807) is 12.1 Å². The van der Waals surface area contributed by atoms with Crippen LogP contribution < -0.4 is 9.80 Å². The number of amides is 2. The van der Waals surface area contributed by atoms with E-state index in [0.29, 0.717) is 24.5 Å². The van der Waals surface area contributed by atoms with E-state index in [1.165, 1.54) is 11.0 Å². The van der Waals surface area contributed by atoms with Crippen molar-refractivity contribution in [3.05, 3.63) is 40.5 Å². The second kappa shape index (κ2) is 6.13. The molecule has 2 aliphatic carbocycles. The molecule has 0 spiro atoms. The molecule has 2 amide bonds. The van der Waals surface area contributed by atoms with Gasteiger partial charge in [-0.05, 0) is 37.4 Å². The normalized spacial score (nSPS) is 31.8. The molecule has 1 aromatic carbocycles. The number of carbonyl (C=O) groups is 2. The number of hydrogen-bond acceptors (Lipinski definition) is 6. The van der Waals surface area contributed by atoms with Crippen molar-refractivity contribution >= 4 is 28.9 Å². The third-order valence-electron chi connectivity index (χ3n) is 6.73. The highest BCUT2D eigenvalue weighted by Crippen LogP contribution is 2.53. The Hall–Kier alpha value is -2.74. The molecule has 4 aliphatic rings. The minimum atomic E-state index is -0.422. The highest BCUT2D eigenvalue weighted by Gasteiger charge is 2.59. The summed E-state index contributed by atoms with van der Waals surface area (Å²) in [5, 5.41) is 11.7. The van der Waals surface area contributed by atoms with Crippen molar-refractivity contribution in [3.63, 3.8) is 0 Å². The fourth-order valence-electron chi connectivity index (χ4n) is 5.27. The predicted molar refractivity (Wildman–Crippen MR) is 103 cm³/mol. The maximum atomic E-state index is 13.0. The number of fused-ring (bicyclic) bond motifs is 5. The molecule has 0 aromatic heterocycles. The molecule has 28 heavy (non-hydrogen) atoms. The lowest BCUT2D eigenvalue weighted by Gasteiger charge is -2.33. The van der Waals surface area contributed by atoms with Gasteiger partial charge in [0.05, 0.1) is 22.4 Å². The number of nitro groups is 1. The first-order valence-corrected chi connectivity index (χ1v) is 9.74. The summed E-state index contributed by atoms with van der Waals surface area (Å²) in [6.45, 7) is 3.08. The Bertz CT molecular complexity index is 875. The second-order valence-corrected chi connectivity index (χ2v) is 8.23. The maximum Gasteiger partial charge on any atom is 0.294 e. The predicted octanol–water partition coefficient (Wildman–Crippen LogP) is 1.66. The summed E-state index contributed by atoms with van der Waals surface area (Å²) < 4.78 is 0. The van der Waals surface area contributed by atoms with Crippen LogP contribution in [0.3, 0.4) is 0 Å². The first-order chi connectivity index (χ1) is 13.5. The van der Waals surface area contributed by atoms with E-state index in [9.17, 15) is 19.7 Å². The van der Waals surface area contributed by atoms with Gasteiger partial charge in [-0.25, -0.2) is 4.90 Å². The van der Waals surface area contributed by atoms with Crippen LogP contribution in [0.1, 0.15) is 6.42 Å². The van der Waals surface area contributed by atoms with Gasteiger partial charge in [-0.2, -0.15) is 0 Å². The lowest BCUT2D eigenvalue weighted by Crippen LogP contribution is -2.44. The Balaban J connectivity index is 1.48. The van der Waals surface area contributed by atoms with Crippen LogP contribution in [0.5, 0.6) is 0 Å². The van der Waals surface area contributed by atoms with E-state index in [2.05, 4.69) is 4.90 Å². The van der Waals surface area contributed by atoms with Crippen molar-refractivity contribution in [2.24, 2.45) is 23.7 Å². The van der Waals surface area contributed by atoms with Crippen LogP contribution in [-0.4, -0.2) is 54.9 Å². The SMILES string of the molecule is CN1CCN(c2ccc(N3C(=O)[C@@H]4[C@H](C3=O)[C@@H]3C=C[C@H]4C3)cc2[N+](=O)[O-])CC1. The van der Waals surface area contributed by atoms with Crippen LogP contribution in [0.2, 0.25) is 0 Å². The molecule has 0 N–H and O–H groups in total. The van der Waals surface area contributed by atoms with E-state index in [0.717, 1.165) is 19.5 Å². The van der Waals surface area contributed by atoms with Crippen LogP contribution in [0.4, 0.5) is 17.1 Å². The molecule has 146 valence electrons. The number of rotatable bonds is 3. The van der Waals surface area contributed by atoms with E-state index in [-0.39, 0.29) is 41.2 Å². The lowest BCUT2D eigenvalue weighted by atomic mass is 9.85. The maximum absolute atomic E-state index is 13.0. The summed E-state index contributed by atoms with van der Waals surface area (Å²) >= 11 is 0. The Kier molecular flexibility index (Phi) is 3.80. The molecule has 2 saturated heterocycles. The zero-order valence-electron chi connectivity index (χ0n) is 15.7. The third kappa shape index (κ3) is 2.40. The molecule has 2 aliphatic heterocycles. The number of benzene rings is 1. The number of nitrogens with zero attached hydrogens (tertiary/aromatic N) is 4. The molecule has 3 fully saturated rings. The smallest absolute Gasteiger partial charge is 0.294 e. The van der Waals surface area contributed by atoms with Crippen LogP contribution in [0.15, 0.2) is 30.4 Å². The number of allylic oxidation sites excluding steroid dienone is 2. The van der Waals surface area contributed by atoms with Crippen molar-refractivity contribution in [2.75, 3.05) is 43.0 Å². The summed E-state index contributed by atoms with van der Waals surface area (Å²) in [5.74, 6) is -0.799. The lowest BCUT2D eigenvalue weighted by molar-refractivity contribution is -0.384. The Morgan fingerprint density at radius 2 is 1.61 bits per heavy atom. The zero-order valence-corrected chi connectivity index (χ0v) is 15.7. The van der Waals surface area contributed by atoms with Gasteiger partial charge in [-0.1, -0.05) is 12.2 Å². The van der Waals surface area contributed by atoms with Crippen molar-refractivity contribution in [1.29, 1.82) is 0 Å². The van der Waals surface area contributed by atoms with E-state index < -0.39 is 4.92 Å². The topological polar surface area (TPSA) is 87.0 Å². The van der Waals surface area contributed by atoms with Crippen LogP contribution in [0.25, 0.3) is 0 Å². The highest BCUT2D eigenvalue weighted by atomic mass is 16.6. The van der Waals surface area contributed by atoms with Gasteiger partial charge < -0.3 is 9.80 Å². The van der Waals surface area contributed by atoms with Crippen molar-refractivity contribution in [3.8, 4) is 0 Å². The second-order valence-electron chi connectivity index (χ2n) is 8.23. The minimum absolute atomic E-state index is 0.0548. The molecule has 1 saturated carbocycles. The van der Waals surface area contributed by atoms with Gasteiger partial charge in [-0.15, -0.1) is 0 Å². The first kappa shape index (κ1) is 17.4. The number of anilines is 2. The summed E-state index contributed by atoms with van der Waals surface area (Å²) in [6, 6.07) is 4.74. The molecular weight excluding hydrogens is 360 g/mol. The molecule has 8 nitrogen and oxygen atoms in total. The number of carbonyl (C=O) groups excluding carboxylic acids is 2. The van der Waals surface area contributed by atoms with Crippen LogP contribution in [-0.2, 0) is 9.59 Å².